The first-order chi connectivity index (χ1) is 11.6. The molecule has 0 amide bonds. The SMILES string of the molecule is Cc1ccc(CC(=S)Cc2ccc3c(c2)C(C)(C)CC(C)(C)S3)cc1. The molecule has 2 aromatic carbocycles. The van der Waals surface area contributed by atoms with E-state index >= 15 is 0 Å². The van der Waals surface area contributed by atoms with E-state index in [2.05, 4.69) is 77.1 Å². The second-order valence-electron chi connectivity index (χ2n) is 8.63. The third-order valence-corrected chi connectivity index (χ3v) is 6.51. The lowest BCUT2D eigenvalue weighted by molar-refractivity contribution is 0.408. The molecule has 0 spiro atoms. The zero-order chi connectivity index (χ0) is 18.2. The molecule has 0 aromatic heterocycles. The molecule has 1 aliphatic heterocycles. The maximum atomic E-state index is 5.69. The second-order valence-corrected chi connectivity index (χ2v) is 11.0. The van der Waals surface area contributed by atoms with Crippen LogP contribution in [0.2, 0.25) is 0 Å². The van der Waals surface area contributed by atoms with Gasteiger partial charge >= 0.3 is 0 Å². The standard InChI is InChI=1S/C23H28S2/c1-16-6-8-17(9-7-16)12-19(24)13-18-10-11-21-20(14-18)22(2,3)15-23(4,5)25-21/h6-11,14H,12-13,15H2,1-5H3. The van der Waals surface area contributed by atoms with Gasteiger partial charge in [-0.15, -0.1) is 11.8 Å². The number of rotatable bonds is 4. The van der Waals surface area contributed by atoms with E-state index in [1.54, 1.807) is 0 Å². The minimum absolute atomic E-state index is 0.221. The maximum absolute atomic E-state index is 5.69. The third-order valence-electron chi connectivity index (χ3n) is 4.95. The van der Waals surface area contributed by atoms with Gasteiger partial charge in [0.2, 0.25) is 0 Å². The van der Waals surface area contributed by atoms with Crippen LogP contribution >= 0.6 is 24.0 Å². The molecule has 3 rings (SSSR count). The van der Waals surface area contributed by atoms with Crippen molar-refractivity contribution in [1.29, 1.82) is 0 Å². The highest BCUT2D eigenvalue weighted by atomic mass is 32.2. The highest BCUT2D eigenvalue weighted by Crippen LogP contribution is 2.51. The van der Waals surface area contributed by atoms with Gasteiger partial charge in [0.1, 0.15) is 0 Å². The molecule has 1 heterocycles. The quantitative estimate of drug-likeness (QED) is 0.551. The largest absolute Gasteiger partial charge is 0.120 e. The van der Waals surface area contributed by atoms with Crippen LogP contribution in [0.3, 0.4) is 0 Å². The molecule has 2 aromatic rings. The summed E-state index contributed by atoms with van der Waals surface area (Å²) in [5.74, 6) is 0. The van der Waals surface area contributed by atoms with E-state index in [-0.39, 0.29) is 5.41 Å². The van der Waals surface area contributed by atoms with Crippen LogP contribution in [-0.4, -0.2) is 9.61 Å². The highest BCUT2D eigenvalue weighted by molar-refractivity contribution is 8.00. The van der Waals surface area contributed by atoms with Gasteiger partial charge in [-0.2, -0.15) is 0 Å². The average Bonchev–Trinajstić information content (AvgIpc) is 2.48. The van der Waals surface area contributed by atoms with Crippen LogP contribution in [0, 0.1) is 6.92 Å². The fraction of sp³-hybridized carbons (Fsp3) is 0.435. The molecular formula is C23H28S2. The minimum atomic E-state index is 0.221. The van der Waals surface area contributed by atoms with Gasteiger partial charge in [0.15, 0.2) is 0 Å². The topological polar surface area (TPSA) is 0 Å². The van der Waals surface area contributed by atoms with Gasteiger partial charge in [-0.25, -0.2) is 0 Å². The third kappa shape index (κ3) is 4.54. The Hall–Kier alpha value is -1.12. The normalized spacial score (nSPS) is 17.8. The van der Waals surface area contributed by atoms with E-state index in [0.717, 1.165) is 17.7 Å². The van der Waals surface area contributed by atoms with E-state index in [1.807, 2.05) is 11.8 Å². The number of aryl methyl sites for hydroxylation is 1. The van der Waals surface area contributed by atoms with Gasteiger partial charge in [0.05, 0.1) is 0 Å². The fourth-order valence-corrected chi connectivity index (χ4v) is 5.96. The Morgan fingerprint density at radius 3 is 2.24 bits per heavy atom. The van der Waals surface area contributed by atoms with Crippen LogP contribution in [0.1, 0.15) is 56.4 Å². The number of benzene rings is 2. The summed E-state index contributed by atoms with van der Waals surface area (Å²) in [5, 5.41) is 0. The molecule has 0 bridgehead atoms. The molecule has 0 unspecified atom stereocenters. The van der Waals surface area contributed by atoms with Crippen molar-refractivity contribution >= 4 is 28.8 Å². The van der Waals surface area contributed by atoms with E-state index in [0.29, 0.717) is 4.75 Å². The van der Waals surface area contributed by atoms with Gasteiger partial charge in [0.25, 0.3) is 0 Å². The molecule has 25 heavy (non-hydrogen) atoms. The van der Waals surface area contributed by atoms with Gasteiger partial charge in [-0.05, 0) is 41.5 Å². The van der Waals surface area contributed by atoms with Crippen LogP contribution in [0.4, 0.5) is 0 Å². The molecule has 0 radical (unpaired) electrons. The molecular weight excluding hydrogens is 340 g/mol. The lowest BCUT2D eigenvalue weighted by atomic mass is 9.76. The van der Waals surface area contributed by atoms with E-state index in [4.69, 9.17) is 12.2 Å². The summed E-state index contributed by atoms with van der Waals surface area (Å²) >= 11 is 7.71. The lowest BCUT2D eigenvalue weighted by Crippen LogP contribution is -2.33. The lowest BCUT2D eigenvalue weighted by Gasteiger charge is -2.41. The Morgan fingerprint density at radius 2 is 1.56 bits per heavy atom. The number of fused-ring (bicyclic) bond motifs is 1. The van der Waals surface area contributed by atoms with Crippen molar-refractivity contribution in [3.8, 4) is 0 Å². The molecule has 0 fully saturated rings. The van der Waals surface area contributed by atoms with E-state index < -0.39 is 0 Å². The predicted octanol–water partition coefficient (Wildman–Crippen LogP) is 6.70. The Bertz CT molecular complexity index is 782. The molecule has 2 heteroatoms. The second kappa shape index (κ2) is 6.89. The summed E-state index contributed by atoms with van der Waals surface area (Å²) in [6.45, 7) is 11.6. The van der Waals surface area contributed by atoms with E-state index in [1.165, 1.54) is 33.6 Å². The summed E-state index contributed by atoms with van der Waals surface area (Å²) in [7, 11) is 0. The van der Waals surface area contributed by atoms with Crippen LogP contribution < -0.4 is 0 Å². The van der Waals surface area contributed by atoms with Gasteiger partial charge in [0, 0.05) is 27.3 Å². The molecule has 132 valence electrons. The first-order valence-corrected chi connectivity index (χ1v) is 10.3. The maximum Gasteiger partial charge on any atom is 0.0159 e. The van der Waals surface area contributed by atoms with Crippen molar-refractivity contribution in [2.45, 2.75) is 68.9 Å². The predicted molar refractivity (Wildman–Crippen MR) is 115 cm³/mol. The smallest absolute Gasteiger partial charge is 0.0159 e. The summed E-state index contributed by atoms with van der Waals surface area (Å²) in [5.41, 5.74) is 5.67. The van der Waals surface area contributed by atoms with Crippen LogP contribution in [0.5, 0.6) is 0 Å². The van der Waals surface area contributed by atoms with Gasteiger partial charge in [-0.3, -0.25) is 0 Å². The minimum Gasteiger partial charge on any atom is -0.120 e. The number of hydrogen-bond acceptors (Lipinski definition) is 2. The molecule has 0 aliphatic carbocycles. The highest BCUT2D eigenvalue weighted by Gasteiger charge is 2.37. The molecule has 0 saturated heterocycles. The Labute approximate surface area is 162 Å². The number of thiocarbonyl (C=S) groups is 1. The van der Waals surface area contributed by atoms with Crippen molar-refractivity contribution < 1.29 is 0 Å². The summed E-state index contributed by atoms with van der Waals surface area (Å²) < 4.78 is 0.304. The zero-order valence-corrected chi connectivity index (χ0v) is 17.6. The Balaban J connectivity index is 1.76. The van der Waals surface area contributed by atoms with Crippen LogP contribution in [0.25, 0.3) is 0 Å². The zero-order valence-electron chi connectivity index (χ0n) is 16.0. The molecule has 0 atom stereocenters. The van der Waals surface area contributed by atoms with Crippen molar-refractivity contribution in [2.24, 2.45) is 0 Å². The molecule has 0 N–H and O–H groups in total. The van der Waals surface area contributed by atoms with Gasteiger partial charge < -0.3 is 0 Å². The summed E-state index contributed by atoms with van der Waals surface area (Å²) in [6.07, 6.45) is 2.98. The molecule has 1 aliphatic rings. The van der Waals surface area contributed by atoms with Crippen molar-refractivity contribution in [3.63, 3.8) is 0 Å². The van der Waals surface area contributed by atoms with Crippen molar-refractivity contribution in [1.82, 2.24) is 0 Å². The van der Waals surface area contributed by atoms with Crippen LogP contribution in [0.15, 0.2) is 47.4 Å². The molecule has 0 nitrogen and oxygen atoms in total. The number of thioether (sulfide) groups is 1. The van der Waals surface area contributed by atoms with E-state index in [9.17, 15) is 0 Å². The monoisotopic (exact) mass is 368 g/mol. The first kappa shape index (κ1) is 18.7. The Morgan fingerprint density at radius 1 is 0.960 bits per heavy atom. The van der Waals surface area contributed by atoms with Crippen molar-refractivity contribution in [3.05, 3.63) is 64.7 Å². The van der Waals surface area contributed by atoms with Gasteiger partial charge in [-0.1, -0.05) is 81.9 Å². The Kier molecular flexibility index (Phi) is 5.14. The summed E-state index contributed by atoms with van der Waals surface area (Å²) in [4.78, 5) is 2.56. The van der Waals surface area contributed by atoms with Crippen LogP contribution in [-0.2, 0) is 18.3 Å². The summed E-state index contributed by atoms with van der Waals surface area (Å²) in [6, 6.07) is 15.7. The molecule has 0 saturated carbocycles. The number of hydrogen-bond donors (Lipinski definition) is 0. The average molecular weight is 369 g/mol. The first-order valence-electron chi connectivity index (χ1n) is 9.04. The fourth-order valence-electron chi connectivity index (χ4n) is 4.02. The van der Waals surface area contributed by atoms with Crippen molar-refractivity contribution in [2.75, 3.05) is 0 Å².